The van der Waals surface area contributed by atoms with Gasteiger partial charge in [-0.3, -0.25) is 9.59 Å². The fraction of sp³-hybridized carbons (Fsp3) is 0.304. The molecule has 7 nitrogen and oxygen atoms in total. The maximum Gasteiger partial charge on any atom is 0.295 e. The fourth-order valence-corrected chi connectivity index (χ4v) is 3.58. The van der Waals surface area contributed by atoms with Crippen molar-refractivity contribution in [1.29, 1.82) is 0 Å². The number of nitrogens with zero attached hydrogens (tertiary/aromatic N) is 2. The molecule has 1 amide bonds. The van der Waals surface area contributed by atoms with Crippen molar-refractivity contribution in [2.45, 2.75) is 6.04 Å². The molecule has 1 fully saturated rings. The number of benzene rings is 2. The van der Waals surface area contributed by atoms with Crippen LogP contribution in [0.3, 0.4) is 0 Å². The van der Waals surface area contributed by atoms with Crippen molar-refractivity contribution in [1.82, 2.24) is 9.80 Å². The van der Waals surface area contributed by atoms with Crippen LogP contribution < -0.4 is 9.47 Å². The van der Waals surface area contributed by atoms with Gasteiger partial charge in [-0.2, -0.15) is 0 Å². The lowest BCUT2D eigenvalue weighted by atomic mass is 9.95. The number of halogens is 1. The zero-order valence-corrected chi connectivity index (χ0v) is 17.9. The summed E-state index contributed by atoms with van der Waals surface area (Å²) in [5.74, 6) is -1.69. The van der Waals surface area contributed by atoms with Gasteiger partial charge in [0.2, 0.25) is 0 Å². The van der Waals surface area contributed by atoms with Gasteiger partial charge in [-0.25, -0.2) is 4.39 Å². The summed E-state index contributed by atoms with van der Waals surface area (Å²) < 4.78 is 24.5. The Morgan fingerprint density at radius 2 is 1.87 bits per heavy atom. The Hall–Kier alpha value is -3.39. The first kappa shape index (κ1) is 22.3. The number of likely N-dealkylation sites (N-methyl/N-ethyl adjacent to an activating group) is 1. The highest BCUT2D eigenvalue weighted by molar-refractivity contribution is 6.46. The number of ketones is 1. The molecule has 8 heteroatoms. The van der Waals surface area contributed by atoms with Crippen LogP contribution in [0.2, 0.25) is 0 Å². The van der Waals surface area contributed by atoms with Crippen LogP contribution in [0.1, 0.15) is 17.2 Å². The number of rotatable bonds is 7. The fourth-order valence-electron chi connectivity index (χ4n) is 3.58. The number of likely N-dealkylation sites (tertiary alicyclic amines) is 1. The Kier molecular flexibility index (Phi) is 6.60. The molecule has 164 valence electrons. The SMILES string of the molecule is COc1ccc(/C(O)=C2\C(=O)C(=O)N(CCN(C)C)[C@@H]2c2cccc(F)c2)c(OC)c1. The smallest absolute Gasteiger partial charge is 0.295 e. The van der Waals surface area contributed by atoms with Crippen molar-refractivity contribution in [3.63, 3.8) is 0 Å². The molecule has 0 aromatic heterocycles. The Morgan fingerprint density at radius 1 is 1.13 bits per heavy atom. The van der Waals surface area contributed by atoms with Crippen LogP contribution in [-0.4, -0.2) is 68.0 Å². The number of aliphatic hydroxyl groups is 1. The van der Waals surface area contributed by atoms with Crippen LogP contribution in [0.25, 0.3) is 5.76 Å². The average Bonchev–Trinajstić information content (AvgIpc) is 3.01. The largest absolute Gasteiger partial charge is 0.507 e. The molecule has 0 bridgehead atoms. The maximum atomic E-state index is 14.0. The van der Waals surface area contributed by atoms with Crippen LogP contribution in [-0.2, 0) is 9.59 Å². The first-order chi connectivity index (χ1) is 14.8. The van der Waals surface area contributed by atoms with E-state index in [9.17, 15) is 19.1 Å². The highest BCUT2D eigenvalue weighted by atomic mass is 19.1. The normalized spacial score (nSPS) is 18.0. The Bertz CT molecular complexity index is 1030. The van der Waals surface area contributed by atoms with E-state index in [1.54, 1.807) is 24.3 Å². The highest BCUT2D eigenvalue weighted by Crippen LogP contribution is 2.41. The molecule has 1 saturated heterocycles. The Morgan fingerprint density at radius 3 is 2.48 bits per heavy atom. The molecule has 2 aromatic carbocycles. The number of hydrogen-bond acceptors (Lipinski definition) is 6. The minimum atomic E-state index is -0.928. The lowest BCUT2D eigenvalue weighted by molar-refractivity contribution is -0.140. The second-order valence-corrected chi connectivity index (χ2v) is 7.42. The maximum absolute atomic E-state index is 14.0. The summed E-state index contributed by atoms with van der Waals surface area (Å²) in [6, 6.07) is 9.46. The monoisotopic (exact) mass is 428 g/mol. The second-order valence-electron chi connectivity index (χ2n) is 7.42. The minimum Gasteiger partial charge on any atom is -0.507 e. The molecule has 0 saturated carbocycles. The Labute approximate surface area is 180 Å². The summed E-state index contributed by atoms with van der Waals surface area (Å²) in [4.78, 5) is 29.1. The van der Waals surface area contributed by atoms with E-state index in [-0.39, 0.29) is 29.2 Å². The van der Waals surface area contributed by atoms with E-state index in [1.807, 2.05) is 19.0 Å². The molecule has 1 aliphatic rings. The quantitative estimate of drug-likeness (QED) is 0.415. The number of ether oxygens (including phenoxy) is 2. The number of Topliss-reactive ketones (excluding diaryl/α,β-unsaturated/α-hetero) is 1. The van der Waals surface area contributed by atoms with Crippen molar-refractivity contribution in [3.8, 4) is 11.5 Å². The molecule has 0 aliphatic carbocycles. The molecule has 1 atom stereocenters. The molecule has 1 heterocycles. The molecule has 31 heavy (non-hydrogen) atoms. The molecule has 2 aromatic rings. The number of hydrogen-bond donors (Lipinski definition) is 1. The highest BCUT2D eigenvalue weighted by Gasteiger charge is 2.46. The predicted molar refractivity (Wildman–Crippen MR) is 114 cm³/mol. The van der Waals surface area contributed by atoms with Gasteiger partial charge >= 0.3 is 0 Å². The zero-order chi connectivity index (χ0) is 22.7. The van der Waals surface area contributed by atoms with Crippen molar-refractivity contribution in [3.05, 3.63) is 65.0 Å². The third-order valence-electron chi connectivity index (χ3n) is 5.16. The van der Waals surface area contributed by atoms with Crippen LogP contribution in [0.15, 0.2) is 48.0 Å². The number of aliphatic hydroxyl groups excluding tert-OH is 1. The van der Waals surface area contributed by atoms with Gasteiger partial charge in [-0.15, -0.1) is 0 Å². The average molecular weight is 428 g/mol. The van der Waals surface area contributed by atoms with Crippen molar-refractivity contribution < 1.29 is 28.6 Å². The first-order valence-electron chi connectivity index (χ1n) is 9.69. The summed E-state index contributed by atoms with van der Waals surface area (Å²) in [6.45, 7) is 0.722. The van der Waals surface area contributed by atoms with E-state index in [4.69, 9.17) is 9.47 Å². The molecule has 0 radical (unpaired) electrons. The van der Waals surface area contributed by atoms with Crippen molar-refractivity contribution in [2.75, 3.05) is 41.4 Å². The van der Waals surface area contributed by atoms with Crippen LogP contribution in [0.5, 0.6) is 11.5 Å². The minimum absolute atomic E-state index is 0.113. The van der Waals surface area contributed by atoms with Gasteiger partial charge < -0.3 is 24.4 Å². The second kappa shape index (κ2) is 9.18. The predicted octanol–water partition coefficient (Wildman–Crippen LogP) is 2.83. The lowest BCUT2D eigenvalue weighted by Gasteiger charge is -2.26. The van der Waals surface area contributed by atoms with Gasteiger partial charge in [0, 0.05) is 19.2 Å². The van der Waals surface area contributed by atoms with E-state index in [2.05, 4.69) is 0 Å². The van der Waals surface area contributed by atoms with Gasteiger partial charge in [-0.05, 0) is 43.9 Å². The van der Waals surface area contributed by atoms with Gasteiger partial charge in [0.15, 0.2) is 0 Å². The summed E-state index contributed by atoms with van der Waals surface area (Å²) >= 11 is 0. The number of amides is 1. The van der Waals surface area contributed by atoms with E-state index in [0.717, 1.165) is 0 Å². The van der Waals surface area contributed by atoms with Crippen LogP contribution in [0, 0.1) is 5.82 Å². The number of methoxy groups -OCH3 is 2. The van der Waals surface area contributed by atoms with Crippen LogP contribution >= 0.6 is 0 Å². The van der Waals surface area contributed by atoms with Gasteiger partial charge in [0.25, 0.3) is 11.7 Å². The lowest BCUT2D eigenvalue weighted by Crippen LogP contribution is -2.35. The molecule has 0 spiro atoms. The number of carbonyl (C=O) groups excluding carboxylic acids is 2. The molecule has 1 aliphatic heterocycles. The van der Waals surface area contributed by atoms with Crippen LogP contribution in [0.4, 0.5) is 4.39 Å². The standard InChI is InChI=1S/C23H25FN2O5/c1-25(2)10-11-26-20(14-6-5-7-15(24)12-14)19(22(28)23(26)29)21(27)17-9-8-16(30-3)13-18(17)31-4/h5-9,12-13,20,27H,10-11H2,1-4H3/b21-19+/t20-/m1/s1. The zero-order valence-electron chi connectivity index (χ0n) is 17.9. The van der Waals surface area contributed by atoms with E-state index in [1.165, 1.54) is 37.3 Å². The third-order valence-corrected chi connectivity index (χ3v) is 5.16. The van der Waals surface area contributed by atoms with Gasteiger partial charge in [-0.1, -0.05) is 12.1 Å². The van der Waals surface area contributed by atoms with E-state index < -0.39 is 23.5 Å². The Balaban J connectivity index is 2.20. The van der Waals surface area contributed by atoms with Crippen molar-refractivity contribution in [2.24, 2.45) is 0 Å². The van der Waals surface area contributed by atoms with Gasteiger partial charge in [0.1, 0.15) is 23.1 Å². The first-order valence-corrected chi connectivity index (χ1v) is 9.69. The van der Waals surface area contributed by atoms with E-state index in [0.29, 0.717) is 17.9 Å². The molecule has 0 unspecified atom stereocenters. The molecular formula is C23H25FN2O5. The third kappa shape index (κ3) is 4.39. The summed E-state index contributed by atoms with van der Waals surface area (Å²) in [5, 5.41) is 11.1. The van der Waals surface area contributed by atoms with Gasteiger partial charge in [0.05, 0.1) is 31.4 Å². The number of carbonyl (C=O) groups is 2. The van der Waals surface area contributed by atoms with Crippen molar-refractivity contribution >= 4 is 17.4 Å². The molecular weight excluding hydrogens is 403 g/mol. The summed E-state index contributed by atoms with van der Waals surface area (Å²) in [7, 11) is 6.60. The summed E-state index contributed by atoms with van der Waals surface area (Å²) in [6.07, 6.45) is 0. The molecule has 1 N–H and O–H groups in total. The topological polar surface area (TPSA) is 79.3 Å². The summed E-state index contributed by atoms with van der Waals surface area (Å²) in [5.41, 5.74) is 0.514. The molecule has 3 rings (SSSR count). The van der Waals surface area contributed by atoms with E-state index >= 15 is 0 Å².